The zero-order chi connectivity index (χ0) is 19.4. The number of hydrogen-bond donors (Lipinski definition) is 0. The molecular formula is C20H19F3N2O2. The molecule has 0 radical (unpaired) electrons. The minimum absolute atomic E-state index is 0.111. The third-order valence-electron chi connectivity index (χ3n) is 4.37. The zero-order valence-electron chi connectivity index (χ0n) is 14.8. The van der Waals surface area contributed by atoms with Crippen molar-refractivity contribution in [1.29, 1.82) is 0 Å². The van der Waals surface area contributed by atoms with E-state index in [1.165, 1.54) is 17.0 Å². The van der Waals surface area contributed by atoms with E-state index >= 15 is 0 Å². The van der Waals surface area contributed by atoms with Gasteiger partial charge in [0.2, 0.25) is 5.91 Å². The molecule has 1 atom stereocenters. The topological polar surface area (TPSA) is 41.9 Å². The SMILES string of the molecule is CCC(=O)N(Cc1ccccc1F)CC1CC(c2ccc(F)cc2F)=NO1. The normalized spacial score (nSPS) is 16.0. The highest BCUT2D eigenvalue weighted by atomic mass is 19.1. The fraction of sp³-hybridized carbons (Fsp3) is 0.300. The lowest BCUT2D eigenvalue weighted by molar-refractivity contribution is -0.133. The van der Waals surface area contributed by atoms with Crippen LogP contribution in [-0.2, 0) is 16.2 Å². The van der Waals surface area contributed by atoms with Crippen LogP contribution < -0.4 is 0 Å². The highest BCUT2D eigenvalue weighted by Crippen LogP contribution is 2.21. The van der Waals surface area contributed by atoms with E-state index in [1.54, 1.807) is 25.1 Å². The summed E-state index contributed by atoms with van der Waals surface area (Å²) < 4.78 is 40.9. The van der Waals surface area contributed by atoms with E-state index in [0.717, 1.165) is 12.1 Å². The Balaban J connectivity index is 1.69. The van der Waals surface area contributed by atoms with Crippen LogP contribution >= 0.6 is 0 Å². The molecule has 1 aliphatic rings. The monoisotopic (exact) mass is 376 g/mol. The van der Waals surface area contributed by atoms with Gasteiger partial charge in [0.05, 0.1) is 12.3 Å². The molecule has 1 heterocycles. The van der Waals surface area contributed by atoms with Crippen molar-refractivity contribution in [2.75, 3.05) is 6.54 Å². The number of amides is 1. The molecule has 0 aliphatic carbocycles. The number of oxime groups is 1. The van der Waals surface area contributed by atoms with Gasteiger partial charge >= 0.3 is 0 Å². The first kappa shape index (κ1) is 18.9. The van der Waals surface area contributed by atoms with Crippen LogP contribution in [0.2, 0.25) is 0 Å². The van der Waals surface area contributed by atoms with E-state index in [9.17, 15) is 18.0 Å². The Kier molecular flexibility index (Phi) is 5.78. The van der Waals surface area contributed by atoms with Gasteiger partial charge in [0.1, 0.15) is 17.5 Å². The zero-order valence-corrected chi connectivity index (χ0v) is 14.8. The van der Waals surface area contributed by atoms with Crippen LogP contribution in [0, 0.1) is 17.5 Å². The van der Waals surface area contributed by atoms with Crippen LogP contribution in [0.5, 0.6) is 0 Å². The molecule has 1 unspecified atom stereocenters. The van der Waals surface area contributed by atoms with Crippen molar-refractivity contribution < 1.29 is 22.8 Å². The Morgan fingerprint density at radius 3 is 2.67 bits per heavy atom. The summed E-state index contributed by atoms with van der Waals surface area (Å²) in [5, 5.41) is 3.88. The molecule has 1 aliphatic heterocycles. The van der Waals surface area contributed by atoms with Gasteiger partial charge in [-0.05, 0) is 18.2 Å². The fourth-order valence-corrected chi connectivity index (χ4v) is 2.97. The third kappa shape index (κ3) is 4.48. The lowest BCUT2D eigenvalue weighted by atomic mass is 10.0. The molecule has 0 spiro atoms. The van der Waals surface area contributed by atoms with E-state index in [4.69, 9.17) is 4.84 Å². The molecule has 0 N–H and O–H groups in total. The number of carbonyl (C=O) groups is 1. The number of nitrogens with zero attached hydrogens (tertiary/aromatic N) is 2. The van der Waals surface area contributed by atoms with Gasteiger partial charge in [0, 0.05) is 36.6 Å². The molecule has 1 amide bonds. The Bertz CT molecular complexity index is 870. The van der Waals surface area contributed by atoms with Crippen LogP contribution in [0.4, 0.5) is 13.2 Å². The number of rotatable bonds is 6. The summed E-state index contributed by atoms with van der Waals surface area (Å²) in [6.07, 6.45) is 0.0566. The fourth-order valence-electron chi connectivity index (χ4n) is 2.97. The summed E-state index contributed by atoms with van der Waals surface area (Å²) in [7, 11) is 0. The van der Waals surface area contributed by atoms with Crippen molar-refractivity contribution in [3.8, 4) is 0 Å². The van der Waals surface area contributed by atoms with Gasteiger partial charge in [0.25, 0.3) is 0 Å². The van der Waals surface area contributed by atoms with Gasteiger partial charge in [-0.15, -0.1) is 0 Å². The van der Waals surface area contributed by atoms with Crippen molar-refractivity contribution >= 4 is 11.6 Å². The molecule has 3 rings (SSSR count). The van der Waals surface area contributed by atoms with E-state index in [0.29, 0.717) is 11.3 Å². The van der Waals surface area contributed by atoms with Crippen molar-refractivity contribution in [3.05, 3.63) is 71.0 Å². The first-order valence-electron chi connectivity index (χ1n) is 8.67. The van der Waals surface area contributed by atoms with Crippen LogP contribution in [0.25, 0.3) is 0 Å². The Labute approximate surface area is 155 Å². The molecule has 0 aromatic heterocycles. The number of hydrogen-bond acceptors (Lipinski definition) is 3. The molecule has 0 saturated carbocycles. The first-order chi connectivity index (χ1) is 13.0. The Morgan fingerprint density at radius 2 is 1.96 bits per heavy atom. The summed E-state index contributed by atoms with van der Waals surface area (Å²) in [5.41, 5.74) is 0.927. The van der Waals surface area contributed by atoms with Crippen LogP contribution in [-0.4, -0.2) is 29.2 Å². The maximum absolute atomic E-state index is 13.9. The maximum atomic E-state index is 13.9. The van der Waals surface area contributed by atoms with Crippen molar-refractivity contribution in [2.24, 2.45) is 5.16 Å². The average molecular weight is 376 g/mol. The maximum Gasteiger partial charge on any atom is 0.222 e. The van der Waals surface area contributed by atoms with Gasteiger partial charge in [-0.1, -0.05) is 30.3 Å². The smallest absolute Gasteiger partial charge is 0.222 e. The van der Waals surface area contributed by atoms with Crippen LogP contribution in [0.1, 0.15) is 30.9 Å². The van der Waals surface area contributed by atoms with E-state index in [1.807, 2.05) is 0 Å². The summed E-state index contributed by atoms with van der Waals surface area (Å²) >= 11 is 0. The molecule has 0 saturated heterocycles. The molecule has 0 bridgehead atoms. The van der Waals surface area contributed by atoms with E-state index in [-0.39, 0.29) is 43.2 Å². The lowest BCUT2D eigenvalue weighted by Crippen LogP contribution is -2.37. The van der Waals surface area contributed by atoms with Gasteiger partial charge in [-0.2, -0.15) is 0 Å². The summed E-state index contributed by atoms with van der Waals surface area (Å²) in [6.45, 7) is 2.03. The van der Waals surface area contributed by atoms with Crippen LogP contribution in [0.15, 0.2) is 47.6 Å². The predicted molar refractivity (Wildman–Crippen MR) is 94.5 cm³/mol. The number of halogens is 3. The van der Waals surface area contributed by atoms with Gasteiger partial charge < -0.3 is 9.74 Å². The molecule has 0 fully saturated rings. The molecule has 7 heteroatoms. The highest BCUT2D eigenvalue weighted by molar-refractivity contribution is 6.01. The molecule has 2 aromatic rings. The van der Waals surface area contributed by atoms with E-state index < -0.39 is 17.7 Å². The van der Waals surface area contributed by atoms with Crippen molar-refractivity contribution in [3.63, 3.8) is 0 Å². The Morgan fingerprint density at radius 1 is 1.19 bits per heavy atom. The summed E-state index contributed by atoms with van der Waals surface area (Å²) in [4.78, 5) is 19.1. The predicted octanol–water partition coefficient (Wildman–Crippen LogP) is 4.04. The minimum atomic E-state index is -0.717. The molecule has 4 nitrogen and oxygen atoms in total. The molecule has 2 aromatic carbocycles. The summed E-state index contributed by atoms with van der Waals surface area (Å²) in [5.74, 6) is -1.92. The Hall–Kier alpha value is -2.83. The second-order valence-corrected chi connectivity index (χ2v) is 6.31. The number of benzene rings is 2. The molecule has 142 valence electrons. The first-order valence-corrected chi connectivity index (χ1v) is 8.67. The quantitative estimate of drug-likeness (QED) is 0.764. The third-order valence-corrected chi connectivity index (χ3v) is 4.37. The summed E-state index contributed by atoms with van der Waals surface area (Å²) in [6, 6.07) is 9.50. The molecule has 27 heavy (non-hydrogen) atoms. The molecular weight excluding hydrogens is 357 g/mol. The highest BCUT2D eigenvalue weighted by Gasteiger charge is 2.28. The lowest BCUT2D eigenvalue weighted by Gasteiger charge is -2.24. The van der Waals surface area contributed by atoms with Gasteiger partial charge in [-0.3, -0.25) is 4.79 Å². The number of carbonyl (C=O) groups excluding carboxylic acids is 1. The largest absolute Gasteiger partial charge is 0.390 e. The second-order valence-electron chi connectivity index (χ2n) is 6.31. The van der Waals surface area contributed by atoms with Gasteiger partial charge in [0.15, 0.2) is 6.10 Å². The van der Waals surface area contributed by atoms with Gasteiger partial charge in [-0.25, -0.2) is 13.2 Å². The van der Waals surface area contributed by atoms with E-state index in [2.05, 4.69) is 5.16 Å². The standard InChI is InChI=1S/C20H19F3N2O2/c1-2-20(26)25(11-13-5-3-4-6-17(13)22)12-15-10-19(24-27-15)16-8-7-14(21)9-18(16)23/h3-9,15H,2,10-12H2,1H3. The second kappa shape index (κ2) is 8.24. The average Bonchev–Trinajstić information content (AvgIpc) is 3.10. The van der Waals surface area contributed by atoms with Crippen LogP contribution in [0.3, 0.4) is 0 Å². The van der Waals surface area contributed by atoms with Crippen molar-refractivity contribution in [1.82, 2.24) is 4.90 Å². The van der Waals surface area contributed by atoms with Crippen molar-refractivity contribution in [2.45, 2.75) is 32.4 Å². The minimum Gasteiger partial charge on any atom is -0.390 e.